The fourth-order valence-electron chi connectivity index (χ4n) is 1.68. The van der Waals surface area contributed by atoms with Gasteiger partial charge in [-0.1, -0.05) is 6.92 Å². The van der Waals surface area contributed by atoms with E-state index in [9.17, 15) is 18.0 Å². The molecule has 0 bridgehead atoms. The molecule has 0 amide bonds. The third kappa shape index (κ3) is 2.72. The van der Waals surface area contributed by atoms with E-state index in [0.717, 1.165) is 6.92 Å². The summed E-state index contributed by atoms with van der Waals surface area (Å²) in [6.45, 7) is 3.92. The molecule has 0 radical (unpaired) electrons. The lowest BCUT2D eigenvalue weighted by molar-refractivity contribution is -0.151. The van der Waals surface area contributed by atoms with E-state index in [1.165, 1.54) is 6.92 Å². The highest BCUT2D eigenvalue weighted by atomic mass is 32.2. The summed E-state index contributed by atoms with van der Waals surface area (Å²) >= 11 is 0. The van der Waals surface area contributed by atoms with Gasteiger partial charge in [-0.3, -0.25) is 9.59 Å². The van der Waals surface area contributed by atoms with Crippen LogP contribution in [0.2, 0.25) is 0 Å². The molecule has 1 rings (SSSR count). The number of sulfone groups is 1. The lowest BCUT2D eigenvalue weighted by Crippen LogP contribution is -2.29. The van der Waals surface area contributed by atoms with E-state index in [0.29, 0.717) is 0 Å². The van der Waals surface area contributed by atoms with Gasteiger partial charge in [-0.25, -0.2) is 8.42 Å². The summed E-state index contributed by atoms with van der Waals surface area (Å²) < 4.78 is 32.9. The molecule has 1 fully saturated rings. The third-order valence-corrected chi connectivity index (χ3v) is 4.39. The second kappa shape index (κ2) is 4.40. The molecule has 0 aromatic heterocycles. The van der Waals surface area contributed by atoms with Crippen LogP contribution < -0.4 is 0 Å². The van der Waals surface area contributed by atoms with Crippen LogP contribution in [0.5, 0.6) is 0 Å². The van der Waals surface area contributed by atoms with Crippen molar-refractivity contribution >= 4 is 21.8 Å². The molecular formula is C9H14O6S. The van der Waals surface area contributed by atoms with E-state index in [1.54, 1.807) is 6.92 Å². The van der Waals surface area contributed by atoms with Gasteiger partial charge in [0.1, 0.15) is 6.10 Å². The summed E-state index contributed by atoms with van der Waals surface area (Å²) in [7, 11) is -3.55. The molecule has 0 aliphatic carbocycles. The van der Waals surface area contributed by atoms with Crippen LogP contribution in [0, 0.1) is 5.92 Å². The van der Waals surface area contributed by atoms with Gasteiger partial charge < -0.3 is 9.47 Å². The zero-order valence-corrected chi connectivity index (χ0v) is 10.1. The molecule has 3 atom stereocenters. The molecule has 16 heavy (non-hydrogen) atoms. The van der Waals surface area contributed by atoms with Gasteiger partial charge in [0.05, 0.1) is 5.75 Å². The molecule has 6 nitrogen and oxygen atoms in total. The largest absolute Gasteiger partial charge is 0.461 e. The predicted molar refractivity (Wildman–Crippen MR) is 54.1 cm³/mol. The maximum Gasteiger partial charge on any atom is 0.303 e. The number of ether oxygens (including phenoxy) is 2. The standard InChI is InChI=1S/C9H14O6S/c1-5-8(14-6(2)10)4-16(12,13)9(5)15-7(3)11/h5,8-9H,4H2,1-3H3/t5-,8+,9-/m0/s1. The van der Waals surface area contributed by atoms with Crippen LogP contribution in [0.1, 0.15) is 20.8 Å². The monoisotopic (exact) mass is 250 g/mol. The predicted octanol–water partition coefficient (Wildman–Crippen LogP) is -0.128. The smallest absolute Gasteiger partial charge is 0.303 e. The number of carbonyl (C=O) groups is 2. The van der Waals surface area contributed by atoms with Gasteiger partial charge in [-0.15, -0.1) is 0 Å². The Morgan fingerprint density at radius 3 is 2.06 bits per heavy atom. The van der Waals surface area contributed by atoms with Crippen molar-refractivity contribution in [1.29, 1.82) is 0 Å². The summed E-state index contributed by atoms with van der Waals surface area (Å²) in [6.07, 6.45) is -0.744. The average molecular weight is 250 g/mol. The molecule has 1 aliphatic heterocycles. The SMILES string of the molecule is CC(=O)O[C@@H]1[C@@H](C)[C@H](OC(C)=O)CS1(=O)=O. The number of carbonyl (C=O) groups excluding carboxylic acids is 2. The fourth-order valence-corrected chi connectivity index (χ4v) is 3.81. The first-order valence-corrected chi connectivity index (χ1v) is 6.51. The van der Waals surface area contributed by atoms with Crippen LogP contribution in [-0.2, 0) is 28.9 Å². The van der Waals surface area contributed by atoms with Crippen molar-refractivity contribution in [2.45, 2.75) is 32.3 Å². The quantitative estimate of drug-likeness (QED) is 0.634. The van der Waals surface area contributed by atoms with Gasteiger partial charge in [0.2, 0.25) is 5.44 Å². The maximum atomic E-state index is 11.6. The second-order valence-corrected chi connectivity index (χ2v) is 5.94. The molecule has 7 heteroatoms. The molecule has 1 heterocycles. The van der Waals surface area contributed by atoms with Crippen LogP contribution in [0.25, 0.3) is 0 Å². The number of rotatable bonds is 2. The topological polar surface area (TPSA) is 86.7 Å². The molecule has 0 unspecified atom stereocenters. The Labute approximate surface area is 93.8 Å². The van der Waals surface area contributed by atoms with Gasteiger partial charge in [0.25, 0.3) is 0 Å². The van der Waals surface area contributed by atoms with E-state index in [4.69, 9.17) is 9.47 Å². The molecule has 0 aromatic rings. The minimum absolute atomic E-state index is 0.300. The minimum Gasteiger partial charge on any atom is -0.461 e. The van der Waals surface area contributed by atoms with E-state index in [1.807, 2.05) is 0 Å². The normalized spacial score (nSPS) is 32.1. The molecule has 0 saturated carbocycles. The first kappa shape index (κ1) is 13.0. The van der Waals surface area contributed by atoms with Gasteiger partial charge >= 0.3 is 11.9 Å². The number of hydrogen-bond donors (Lipinski definition) is 0. The minimum atomic E-state index is -3.55. The highest BCUT2D eigenvalue weighted by molar-refractivity contribution is 7.92. The molecule has 1 saturated heterocycles. The van der Waals surface area contributed by atoms with E-state index < -0.39 is 39.2 Å². The van der Waals surface area contributed by atoms with Crippen molar-refractivity contribution in [1.82, 2.24) is 0 Å². The molecular weight excluding hydrogens is 236 g/mol. The van der Waals surface area contributed by atoms with Gasteiger partial charge in [-0.05, 0) is 0 Å². The van der Waals surface area contributed by atoms with E-state index in [-0.39, 0.29) is 5.75 Å². The third-order valence-electron chi connectivity index (χ3n) is 2.37. The highest BCUT2D eigenvalue weighted by Crippen LogP contribution is 2.30. The average Bonchev–Trinajstić information content (AvgIpc) is 2.27. The zero-order chi connectivity index (χ0) is 12.5. The Morgan fingerprint density at radius 2 is 1.62 bits per heavy atom. The van der Waals surface area contributed by atoms with Crippen molar-refractivity contribution < 1.29 is 27.5 Å². The molecule has 0 aromatic carbocycles. The summed E-state index contributed by atoms with van der Waals surface area (Å²) in [4.78, 5) is 21.5. The number of esters is 2. The zero-order valence-electron chi connectivity index (χ0n) is 9.30. The summed E-state index contributed by atoms with van der Waals surface area (Å²) in [6, 6.07) is 0. The van der Waals surface area contributed by atoms with Crippen molar-refractivity contribution in [3.8, 4) is 0 Å². The van der Waals surface area contributed by atoms with Gasteiger partial charge in [0.15, 0.2) is 9.84 Å². The molecule has 0 spiro atoms. The van der Waals surface area contributed by atoms with Crippen molar-refractivity contribution in [2.75, 3.05) is 5.75 Å². The fraction of sp³-hybridized carbons (Fsp3) is 0.778. The summed E-state index contributed by atoms with van der Waals surface area (Å²) in [5, 5.41) is 0. The lowest BCUT2D eigenvalue weighted by atomic mass is 10.1. The summed E-state index contributed by atoms with van der Waals surface area (Å²) in [5.74, 6) is -2.05. The van der Waals surface area contributed by atoms with Gasteiger partial charge in [-0.2, -0.15) is 0 Å². The van der Waals surface area contributed by atoms with Crippen LogP contribution >= 0.6 is 0 Å². The van der Waals surface area contributed by atoms with Gasteiger partial charge in [0, 0.05) is 19.8 Å². The Morgan fingerprint density at radius 1 is 1.12 bits per heavy atom. The van der Waals surface area contributed by atoms with Crippen molar-refractivity contribution in [2.24, 2.45) is 5.92 Å². The molecule has 92 valence electrons. The highest BCUT2D eigenvalue weighted by Gasteiger charge is 2.48. The second-order valence-electron chi connectivity index (χ2n) is 3.81. The van der Waals surface area contributed by atoms with Crippen molar-refractivity contribution in [3.05, 3.63) is 0 Å². The molecule has 0 N–H and O–H groups in total. The lowest BCUT2D eigenvalue weighted by Gasteiger charge is -2.17. The molecule has 1 aliphatic rings. The maximum absolute atomic E-state index is 11.6. The van der Waals surface area contributed by atoms with Crippen LogP contribution in [0.15, 0.2) is 0 Å². The van der Waals surface area contributed by atoms with Crippen LogP contribution in [-0.4, -0.2) is 37.6 Å². The Kier molecular flexibility index (Phi) is 3.57. The van der Waals surface area contributed by atoms with E-state index in [2.05, 4.69) is 0 Å². The number of hydrogen-bond acceptors (Lipinski definition) is 6. The Balaban J connectivity index is 2.86. The van der Waals surface area contributed by atoms with Crippen molar-refractivity contribution in [3.63, 3.8) is 0 Å². The first-order valence-electron chi connectivity index (χ1n) is 4.80. The van der Waals surface area contributed by atoms with Crippen LogP contribution in [0.3, 0.4) is 0 Å². The Bertz CT molecular complexity index is 398. The summed E-state index contributed by atoms with van der Waals surface area (Å²) in [5.41, 5.74) is -1.21. The van der Waals surface area contributed by atoms with Crippen LogP contribution in [0.4, 0.5) is 0 Å². The first-order chi connectivity index (χ1) is 7.24. The Hall–Kier alpha value is -1.11. The van der Waals surface area contributed by atoms with E-state index >= 15 is 0 Å².